The van der Waals surface area contributed by atoms with Crippen molar-refractivity contribution >= 4 is 55.1 Å². The zero-order chi connectivity index (χ0) is 14.7. The van der Waals surface area contributed by atoms with Gasteiger partial charge in [-0.15, -0.1) is 0 Å². The molecule has 104 valence electrons. The SMILES string of the molecule is CCc1cc(C(=O)Nc2c(Br)cccc2Br)cc(Cl)n1. The summed E-state index contributed by atoms with van der Waals surface area (Å²) in [6, 6.07) is 8.89. The van der Waals surface area contributed by atoms with Crippen LogP contribution in [0.5, 0.6) is 0 Å². The van der Waals surface area contributed by atoms with Gasteiger partial charge in [0.05, 0.1) is 5.69 Å². The lowest BCUT2D eigenvalue weighted by molar-refractivity contribution is 0.102. The lowest BCUT2D eigenvalue weighted by atomic mass is 10.2. The van der Waals surface area contributed by atoms with E-state index in [0.717, 1.165) is 21.1 Å². The van der Waals surface area contributed by atoms with Crippen molar-refractivity contribution in [1.82, 2.24) is 4.98 Å². The Morgan fingerprint density at radius 3 is 2.55 bits per heavy atom. The lowest BCUT2D eigenvalue weighted by Crippen LogP contribution is -2.13. The molecule has 0 radical (unpaired) electrons. The normalized spacial score (nSPS) is 10.4. The number of hydrogen-bond donors (Lipinski definition) is 1. The van der Waals surface area contributed by atoms with E-state index < -0.39 is 0 Å². The minimum Gasteiger partial charge on any atom is -0.320 e. The van der Waals surface area contributed by atoms with E-state index in [4.69, 9.17) is 11.6 Å². The average Bonchev–Trinajstić information content (AvgIpc) is 2.42. The maximum absolute atomic E-state index is 12.3. The Kier molecular flexibility index (Phi) is 5.18. The number of halogens is 3. The summed E-state index contributed by atoms with van der Waals surface area (Å²) >= 11 is 12.7. The minimum absolute atomic E-state index is 0.225. The molecule has 0 fully saturated rings. The average molecular weight is 419 g/mol. The number of carbonyl (C=O) groups excluding carboxylic acids is 1. The fraction of sp³-hybridized carbons (Fsp3) is 0.143. The molecule has 1 heterocycles. The predicted molar refractivity (Wildman–Crippen MR) is 88.4 cm³/mol. The Labute approximate surface area is 139 Å². The van der Waals surface area contributed by atoms with Gasteiger partial charge in [0.1, 0.15) is 5.15 Å². The first-order valence-electron chi connectivity index (χ1n) is 5.93. The maximum atomic E-state index is 12.3. The molecule has 0 aliphatic heterocycles. The molecule has 0 spiro atoms. The summed E-state index contributed by atoms with van der Waals surface area (Å²) in [6.45, 7) is 1.96. The summed E-state index contributed by atoms with van der Waals surface area (Å²) in [5, 5.41) is 3.17. The molecule has 0 unspecified atom stereocenters. The molecule has 0 bridgehead atoms. The number of amides is 1. The van der Waals surface area contributed by atoms with Crippen LogP contribution < -0.4 is 5.32 Å². The molecule has 2 rings (SSSR count). The van der Waals surface area contributed by atoms with E-state index in [-0.39, 0.29) is 5.91 Å². The van der Waals surface area contributed by atoms with E-state index in [1.54, 1.807) is 12.1 Å². The van der Waals surface area contributed by atoms with Crippen molar-refractivity contribution in [1.29, 1.82) is 0 Å². The van der Waals surface area contributed by atoms with Crippen LogP contribution in [0.25, 0.3) is 0 Å². The van der Waals surface area contributed by atoms with Crippen LogP contribution in [0.1, 0.15) is 23.0 Å². The summed E-state index contributed by atoms with van der Waals surface area (Å²) < 4.78 is 1.60. The van der Waals surface area contributed by atoms with E-state index in [1.807, 2.05) is 25.1 Å². The van der Waals surface area contributed by atoms with Crippen molar-refractivity contribution in [3.05, 3.63) is 55.7 Å². The molecule has 0 aliphatic rings. The number of para-hydroxylation sites is 1. The lowest BCUT2D eigenvalue weighted by Gasteiger charge is -2.10. The van der Waals surface area contributed by atoms with Gasteiger partial charge in [0, 0.05) is 20.2 Å². The highest BCUT2D eigenvalue weighted by molar-refractivity contribution is 9.11. The van der Waals surface area contributed by atoms with Gasteiger partial charge in [0.15, 0.2) is 0 Å². The predicted octanol–water partition coefficient (Wildman–Crippen LogP) is 5.07. The van der Waals surface area contributed by atoms with Crippen LogP contribution in [0, 0.1) is 0 Å². The molecule has 2 aromatic rings. The van der Waals surface area contributed by atoms with Crippen molar-refractivity contribution in [3.8, 4) is 0 Å². The smallest absolute Gasteiger partial charge is 0.255 e. The number of anilines is 1. The van der Waals surface area contributed by atoms with Gasteiger partial charge in [0.25, 0.3) is 5.91 Å². The number of nitrogens with one attached hydrogen (secondary N) is 1. The van der Waals surface area contributed by atoms with Crippen molar-refractivity contribution in [3.63, 3.8) is 0 Å². The van der Waals surface area contributed by atoms with Crippen LogP contribution in [0.4, 0.5) is 5.69 Å². The highest BCUT2D eigenvalue weighted by Gasteiger charge is 2.12. The number of aromatic nitrogens is 1. The molecule has 6 heteroatoms. The van der Waals surface area contributed by atoms with Gasteiger partial charge < -0.3 is 5.32 Å². The summed E-state index contributed by atoms with van der Waals surface area (Å²) in [5.41, 5.74) is 1.96. The molecule has 0 saturated carbocycles. The number of benzene rings is 1. The van der Waals surface area contributed by atoms with E-state index >= 15 is 0 Å². The third-order valence-corrected chi connectivity index (χ3v) is 4.19. The van der Waals surface area contributed by atoms with Crippen molar-refractivity contribution in [2.24, 2.45) is 0 Å². The van der Waals surface area contributed by atoms with Crippen molar-refractivity contribution in [2.45, 2.75) is 13.3 Å². The molecule has 0 aliphatic carbocycles. The van der Waals surface area contributed by atoms with Gasteiger partial charge in [-0.3, -0.25) is 4.79 Å². The monoisotopic (exact) mass is 416 g/mol. The van der Waals surface area contributed by atoms with Crippen LogP contribution in [-0.4, -0.2) is 10.9 Å². The highest BCUT2D eigenvalue weighted by Crippen LogP contribution is 2.31. The van der Waals surface area contributed by atoms with E-state index in [9.17, 15) is 4.79 Å². The number of pyridine rings is 1. The van der Waals surface area contributed by atoms with Gasteiger partial charge in [-0.05, 0) is 62.5 Å². The first kappa shape index (κ1) is 15.5. The molecule has 0 atom stereocenters. The molecule has 1 aromatic heterocycles. The van der Waals surface area contributed by atoms with Gasteiger partial charge in [0.2, 0.25) is 0 Å². The fourth-order valence-corrected chi connectivity index (χ4v) is 3.09. The molecule has 0 saturated heterocycles. The summed E-state index contributed by atoms with van der Waals surface area (Å²) in [5.74, 6) is -0.225. The summed E-state index contributed by atoms with van der Waals surface area (Å²) in [6.07, 6.45) is 0.722. The van der Waals surface area contributed by atoms with Gasteiger partial charge >= 0.3 is 0 Å². The first-order valence-corrected chi connectivity index (χ1v) is 7.89. The number of carbonyl (C=O) groups is 1. The number of rotatable bonds is 3. The summed E-state index contributed by atoms with van der Waals surface area (Å²) in [7, 11) is 0. The van der Waals surface area contributed by atoms with E-state index in [0.29, 0.717) is 16.4 Å². The zero-order valence-electron chi connectivity index (χ0n) is 10.6. The van der Waals surface area contributed by atoms with Crippen LogP contribution in [0.2, 0.25) is 5.15 Å². The Morgan fingerprint density at radius 1 is 1.30 bits per heavy atom. The quantitative estimate of drug-likeness (QED) is 0.707. The topological polar surface area (TPSA) is 42.0 Å². The van der Waals surface area contributed by atoms with Crippen LogP contribution >= 0.6 is 43.5 Å². The molecule has 1 amide bonds. The maximum Gasteiger partial charge on any atom is 0.255 e. The Morgan fingerprint density at radius 2 is 1.95 bits per heavy atom. The Balaban J connectivity index is 2.31. The molecule has 1 N–H and O–H groups in total. The van der Waals surface area contributed by atoms with Gasteiger partial charge in [-0.2, -0.15) is 0 Å². The third kappa shape index (κ3) is 3.59. The Hall–Kier alpha value is -0.910. The van der Waals surface area contributed by atoms with Crippen molar-refractivity contribution in [2.75, 3.05) is 5.32 Å². The van der Waals surface area contributed by atoms with Crippen molar-refractivity contribution < 1.29 is 4.79 Å². The molecule has 3 nitrogen and oxygen atoms in total. The van der Waals surface area contributed by atoms with Crippen LogP contribution in [0.15, 0.2) is 39.3 Å². The van der Waals surface area contributed by atoms with Gasteiger partial charge in [-0.25, -0.2) is 4.98 Å². The second kappa shape index (κ2) is 6.70. The molecular formula is C14H11Br2ClN2O. The van der Waals surface area contributed by atoms with Crippen LogP contribution in [0.3, 0.4) is 0 Å². The second-order valence-electron chi connectivity index (χ2n) is 4.07. The first-order chi connectivity index (χ1) is 9.51. The van der Waals surface area contributed by atoms with E-state index in [2.05, 4.69) is 42.2 Å². The molecular weight excluding hydrogens is 407 g/mol. The third-order valence-electron chi connectivity index (χ3n) is 2.67. The summed E-state index contributed by atoms with van der Waals surface area (Å²) in [4.78, 5) is 16.4. The number of hydrogen-bond acceptors (Lipinski definition) is 2. The Bertz CT molecular complexity index is 641. The number of aryl methyl sites for hydroxylation is 1. The standard InChI is InChI=1S/C14H11Br2ClN2O/c1-2-9-6-8(7-12(17)18-9)14(20)19-13-10(15)4-3-5-11(13)16/h3-7H,2H2,1H3,(H,19,20). The molecule has 1 aromatic carbocycles. The van der Waals surface area contributed by atoms with Crippen LogP contribution in [-0.2, 0) is 6.42 Å². The zero-order valence-corrected chi connectivity index (χ0v) is 14.5. The molecule has 20 heavy (non-hydrogen) atoms. The van der Waals surface area contributed by atoms with E-state index in [1.165, 1.54) is 0 Å². The number of nitrogens with zero attached hydrogens (tertiary/aromatic N) is 1. The highest BCUT2D eigenvalue weighted by atomic mass is 79.9. The second-order valence-corrected chi connectivity index (χ2v) is 6.17. The minimum atomic E-state index is -0.225. The fourth-order valence-electron chi connectivity index (χ4n) is 1.67. The largest absolute Gasteiger partial charge is 0.320 e. The van der Waals surface area contributed by atoms with Gasteiger partial charge in [-0.1, -0.05) is 24.6 Å².